The van der Waals surface area contributed by atoms with Gasteiger partial charge in [0.15, 0.2) is 0 Å². The maximum atomic E-state index is 13.0. The van der Waals surface area contributed by atoms with Gasteiger partial charge in [-0.05, 0) is 53.5 Å². The molecule has 2 aliphatic rings. The highest BCUT2D eigenvalue weighted by Crippen LogP contribution is 2.31. The Labute approximate surface area is 184 Å². The predicted molar refractivity (Wildman–Crippen MR) is 115 cm³/mol. The zero-order valence-electron chi connectivity index (χ0n) is 17.0. The number of nitrogens with zero attached hydrogens (tertiary/aromatic N) is 5. The van der Waals surface area contributed by atoms with Gasteiger partial charge in [-0.1, -0.05) is 12.1 Å². The Morgan fingerprint density at radius 3 is 2.87 bits per heavy atom. The molecule has 1 amide bonds. The molecule has 0 radical (unpaired) electrons. The van der Waals surface area contributed by atoms with Gasteiger partial charge >= 0.3 is 0 Å². The van der Waals surface area contributed by atoms with E-state index in [1.165, 1.54) is 10.4 Å². The summed E-state index contributed by atoms with van der Waals surface area (Å²) >= 11 is 3.34. The second-order valence-electron chi connectivity index (χ2n) is 8.08. The first-order valence-corrected chi connectivity index (χ1v) is 12.2. The van der Waals surface area contributed by atoms with Crippen LogP contribution in [0, 0.1) is 5.92 Å². The van der Waals surface area contributed by atoms with Gasteiger partial charge in [0.25, 0.3) is 0 Å². The number of nitrogens with one attached hydrogen (secondary N) is 1. The van der Waals surface area contributed by atoms with E-state index in [9.17, 15) is 13.2 Å². The molecule has 0 saturated carbocycles. The maximum absolute atomic E-state index is 13.0. The summed E-state index contributed by atoms with van der Waals surface area (Å²) in [6.45, 7) is 4.72. The second kappa shape index (κ2) is 8.37. The lowest BCUT2D eigenvalue weighted by atomic mass is 10.1. The molecule has 1 N–H and O–H groups in total. The molecule has 0 spiro atoms. The Bertz CT molecular complexity index is 1070. The summed E-state index contributed by atoms with van der Waals surface area (Å²) in [5.41, 5.74) is 2.31. The molecular weight excluding hydrogens is 472 g/mol. The maximum Gasteiger partial charge on any atom is 0.246 e. The average Bonchev–Trinajstić information content (AvgIpc) is 3.29. The number of hydrogen-bond acceptors (Lipinski definition) is 6. The number of rotatable bonds is 5. The molecule has 30 heavy (non-hydrogen) atoms. The zero-order valence-corrected chi connectivity index (χ0v) is 19.4. The molecular formula is C19H25BrN6O3S. The Kier molecular flexibility index (Phi) is 5.97. The number of aromatic nitrogens is 3. The van der Waals surface area contributed by atoms with Crippen LogP contribution >= 0.6 is 15.9 Å². The SMILES string of the molecule is C[C@H]1CCN(S(=O)(=O)c2cc(NC(=O)Cn3nnc4c3CCN(C)C4)ccc2Br)C1. The van der Waals surface area contributed by atoms with Gasteiger partial charge in [0, 0.05) is 42.8 Å². The molecule has 11 heteroatoms. The third-order valence-corrected chi connectivity index (χ3v) is 8.44. The Hall–Kier alpha value is -1.82. The minimum atomic E-state index is -3.62. The van der Waals surface area contributed by atoms with Gasteiger partial charge in [-0.2, -0.15) is 4.31 Å². The zero-order chi connectivity index (χ0) is 21.5. The second-order valence-corrected chi connectivity index (χ2v) is 10.8. The molecule has 1 aromatic carbocycles. The van der Waals surface area contributed by atoms with Gasteiger partial charge in [0.2, 0.25) is 15.9 Å². The average molecular weight is 497 g/mol. The molecule has 0 aliphatic carbocycles. The lowest BCUT2D eigenvalue weighted by molar-refractivity contribution is -0.117. The molecule has 2 aliphatic heterocycles. The molecule has 0 unspecified atom stereocenters. The van der Waals surface area contributed by atoms with Crippen LogP contribution in [0.5, 0.6) is 0 Å². The summed E-state index contributed by atoms with van der Waals surface area (Å²) in [6, 6.07) is 4.83. The summed E-state index contributed by atoms with van der Waals surface area (Å²) in [7, 11) is -1.60. The van der Waals surface area contributed by atoms with Crippen molar-refractivity contribution in [1.29, 1.82) is 0 Å². The molecule has 2 aromatic rings. The first-order chi connectivity index (χ1) is 14.2. The van der Waals surface area contributed by atoms with Crippen molar-refractivity contribution < 1.29 is 13.2 Å². The smallest absolute Gasteiger partial charge is 0.246 e. The third kappa shape index (κ3) is 4.29. The van der Waals surface area contributed by atoms with Crippen LogP contribution in [0.3, 0.4) is 0 Å². The molecule has 1 atom stereocenters. The lowest BCUT2D eigenvalue weighted by Crippen LogP contribution is -2.29. The topological polar surface area (TPSA) is 100 Å². The molecule has 1 aromatic heterocycles. The quantitative estimate of drug-likeness (QED) is 0.675. The first kappa shape index (κ1) is 21.4. The van der Waals surface area contributed by atoms with Crippen molar-refractivity contribution >= 4 is 37.5 Å². The number of amides is 1. The fourth-order valence-electron chi connectivity index (χ4n) is 3.89. The molecule has 1 fully saturated rings. The standard InChI is InChI=1S/C19H25BrN6O3S/c1-13-5-8-25(10-13)30(28,29)18-9-14(3-4-15(18)20)21-19(27)12-26-17-6-7-24(2)11-16(17)22-23-26/h3-4,9,13H,5-8,10-12H2,1-2H3,(H,21,27)/t13-/m0/s1. The van der Waals surface area contributed by atoms with Crippen LogP contribution in [-0.4, -0.2) is 65.2 Å². The number of carbonyl (C=O) groups is 1. The van der Waals surface area contributed by atoms with Gasteiger partial charge in [-0.15, -0.1) is 5.10 Å². The van der Waals surface area contributed by atoms with Crippen molar-refractivity contribution in [1.82, 2.24) is 24.2 Å². The summed E-state index contributed by atoms with van der Waals surface area (Å²) in [5, 5.41) is 11.1. The number of anilines is 1. The van der Waals surface area contributed by atoms with E-state index >= 15 is 0 Å². The van der Waals surface area contributed by atoms with E-state index in [1.807, 2.05) is 14.0 Å². The van der Waals surface area contributed by atoms with E-state index in [-0.39, 0.29) is 17.3 Å². The van der Waals surface area contributed by atoms with E-state index < -0.39 is 10.0 Å². The Morgan fingerprint density at radius 2 is 2.13 bits per heavy atom. The minimum absolute atomic E-state index is 0.0356. The highest BCUT2D eigenvalue weighted by Gasteiger charge is 2.32. The number of halogens is 1. The molecule has 4 rings (SSSR count). The number of likely N-dealkylation sites (N-methyl/N-ethyl adjacent to an activating group) is 1. The molecule has 162 valence electrons. The first-order valence-electron chi connectivity index (χ1n) is 9.93. The van der Waals surface area contributed by atoms with Crippen LogP contribution in [0.15, 0.2) is 27.6 Å². The van der Waals surface area contributed by atoms with E-state index in [4.69, 9.17) is 0 Å². The monoisotopic (exact) mass is 496 g/mol. The van der Waals surface area contributed by atoms with Crippen LogP contribution in [0.4, 0.5) is 5.69 Å². The van der Waals surface area contributed by atoms with Gasteiger partial charge in [0.05, 0.1) is 16.3 Å². The van der Waals surface area contributed by atoms with E-state index in [2.05, 4.69) is 36.5 Å². The third-order valence-electron chi connectivity index (χ3n) is 5.58. The largest absolute Gasteiger partial charge is 0.324 e. The van der Waals surface area contributed by atoms with Gasteiger partial charge in [-0.3, -0.25) is 4.79 Å². The number of sulfonamides is 1. The number of benzene rings is 1. The van der Waals surface area contributed by atoms with E-state index in [1.54, 1.807) is 16.8 Å². The van der Waals surface area contributed by atoms with Crippen molar-refractivity contribution in [2.45, 2.75) is 37.8 Å². The highest BCUT2D eigenvalue weighted by atomic mass is 79.9. The summed E-state index contributed by atoms with van der Waals surface area (Å²) in [6.07, 6.45) is 1.65. The van der Waals surface area contributed by atoms with Crippen molar-refractivity contribution in [3.63, 3.8) is 0 Å². The molecule has 9 nitrogen and oxygen atoms in total. The van der Waals surface area contributed by atoms with Crippen molar-refractivity contribution in [3.05, 3.63) is 34.1 Å². The molecule has 3 heterocycles. The minimum Gasteiger partial charge on any atom is -0.324 e. The highest BCUT2D eigenvalue weighted by molar-refractivity contribution is 9.10. The Morgan fingerprint density at radius 1 is 1.33 bits per heavy atom. The summed E-state index contributed by atoms with van der Waals surface area (Å²) < 4.78 is 29.7. The van der Waals surface area contributed by atoms with Crippen LogP contribution in [-0.2, 0) is 34.3 Å². The fraction of sp³-hybridized carbons (Fsp3) is 0.526. The van der Waals surface area contributed by atoms with Crippen LogP contribution in [0.2, 0.25) is 0 Å². The Balaban J connectivity index is 1.49. The molecule has 1 saturated heterocycles. The predicted octanol–water partition coefficient (Wildman–Crippen LogP) is 1.70. The van der Waals surface area contributed by atoms with E-state index in [0.29, 0.717) is 29.2 Å². The summed E-state index contributed by atoms with van der Waals surface area (Å²) in [4.78, 5) is 14.9. The van der Waals surface area contributed by atoms with Gasteiger partial charge < -0.3 is 10.2 Å². The van der Waals surface area contributed by atoms with Crippen molar-refractivity contribution in [3.8, 4) is 0 Å². The van der Waals surface area contributed by atoms with Crippen LogP contribution in [0.1, 0.15) is 24.7 Å². The van der Waals surface area contributed by atoms with Crippen LogP contribution in [0.25, 0.3) is 0 Å². The van der Waals surface area contributed by atoms with Gasteiger partial charge in [-0.25, -0.2) is 13.1 Å². The van der Waals surface area contributed by atoms with Crippen molar-refractivity contribution in [2.75, 3.05) is 32.0 Å². The summed E-state index contributed by atoms with van der Waals surface area (Å²) in [5.74, 6) is 0.0666. The van der Waals surface area contributed by atoms with Crippen LogP contribution < -0.4 is 5.32 Å². The number of fused-ring (bicyclic) bond motifs is 1. The number of carbonyl (C=O) groups excluding carboxylic acids is 1. The fourth-order valence-corrected chi connectivity index (χ4v) is 6.42. The van der Waals surface area contributed by atoms with E-state index in [0.717, 1.165) is 37.3 Å². The van der Waals surface area contributed by atoms with Crippen molar-refractivity contribution in [2.24, 2.45) is 5.92 Å². The number of hydrogen-bond donors (Lipinski definition) is 1. The lowest BCUT2D eigenvalue weighted by Gasteiger charge is -2.21. The van der Waals surface area contributed by atoms with Gasteiger partial charge in [0.1, 0.15) is 6.54 Å². The molecule has 0 bridgehead atoms. The normalized spacial score (nSPS) is 20.3.